The predicted octanol–water partition coefficient (Wildman–Crippen LogP) is 2.50. The predicted molar refractivity (Wildman–Crippen MR) is 94.0 cm³/mol. The molecule has 2 aromatic carbocycles. The van der Waals surface area contributed by atoms with Gasteiger partial charge in [0.15, 0.2) is 6.61 Å². The molecule has 134 valence electrons. The van der Waals surface area contributed by atoms with Gasteiger partial charge >= 0.3 is 5.97 Å². The van der Waals surface area contributed by atoms with Gasteiger partial charge in [-0.25, -0.2) is 4.79 Å². The average molecular weight is 354 g/mol. The van der Waals surface area contributed by atoms with Crippen LogP contribution in [0, 0.1) is 11.3 Å². The Hall–Kier alpha value is -3.53. The van der Waals surface area contributed by atoms with Crippen molar-refractivity contribution in [3.05, 3.63) is 54.1 Å². The maximum absolute atomic E-state index is 12.4. The lowest BCUT2D eigenvalue weighted by atomic mass is 10.2. The molecule has 7 nitrogen and oxygen atoms in total. The Balaban J connectivity index is 2.07. The summed E-state index contributed by atoms with van der Waals surface area (Å²) >= 11 is 0. The Morgan fingerprint density at radius 1 is 1.19 bits per heavy atom. The highest BCUT2D eigenvalue weighted by molar-refractivity contribution is 5.98. The molecule has 7 heteroatoms. The Kier molecular flexibility index (Phi) is 6.57. The van der Waals surface area contributed by atoms with Gasteiger partial charge in [0.1, 0.15) is 17.1 Å². The van der Waals surface area contributed by atoms with Crippen molar-refractivity contribution in [2.24, 2.45) is 0 Å². The lowest BCUT2D eigenvalue weighted by Gasteiger charge is -2.21. The number of benzene rings is 2. The lowest BCUT2D eigenvalue weighted by molar-refractivity contribution is -0.121. The van der Waals surface area contributed by atoms with Crippen molar-refractivity contribution in [1.29, 1.82) is 5.26 Å². The molecule has 0 fully saturated rings. The Morgan fingerprint density at radius 2 is 1.92 bits per heavy atom. The summed E-state index contributed by atoms with van der Waals surface area (Å²) in [5.41, 5.74) is 0.508. The van der Waals surface area contributed by atoms with Crippen molar-refractivity contribution in [3.8, 4) is 17.6 Å². The van der Waals surface area contributed by atoms with Crippen molar-refractivity contribution < 1.29 is 24.2 Å². The zero-order valence-corrected chi connectivity index (χ0v) is 14.2. The number of phenols is 1. The third-order valence-corrected chi connectivity index (χ3v) is 3.57. The van der Waals surface area contributed by atoms with Gasteiger partial charge < -0.3 is 19.5 Å². The number of nitriles is 1. The van der Waals surface area contributed by atoms with Gasteiger partial charge in [-0.2, -0.15) is 5.26 Å². The number of hydrogen-bond donors (Lipinski definition) is 1. The number of para-hydroxylation sites is 1. The average Bonchev–Trinajstić information content (AvgIpc) is 2.67. The minimum absolute atomic E-state index is 0.0968. The fraction of sp³-hybridized carbons (Fsp3) is 0.211. The second-order valence-corrected chi connectivity index (χ2v) is 5.25. The molecule has 0 spiro atoms. The van der Waals surface area contributed by atoms with E-state index in [0.29, 0.717) is 11.4 Å². The molecular formula is C19H18N2O5. The maximum Gasteiger partial charge on any atom is 0.342 e. The molecule has 0 radical (unpaired) electrons. The van der Waals surface area contributed by atoms with Crippen LogP contribution in [0.25, 0.3) is 0 Å². The summed E-state index contributed by atoms with van der Waals surface area (Å²) < 4.78 is 10.0. The smallest absolute Gasteiger partial charge is 0.342 e. The minimum atomic E-state index is -0.844. The van der Waals surface area contributed by atoms with E-state index in [-0.39, 0.29) is 24.3 Å². The van der Waals surface area contributed by atoms with E-state index in [9.17, 15) is 14.7 Å². The second-order valence-electron chi connectivity index (χ2n) is 5.25. The van der Waals surface area contributed by atoms with E-state index < -0.39 is 18.5 Å². The highest BCUT2D eigenvalue weighted by Gasteiger charge is 2.20. The second kappa shape index (κ2) is 9.08. The molecule has 0 saturated carbocycles. The van der Waals surface area contributed by atoms with Gasteiger partial charge in [0, 0.05) is 12.2 Å². The normalized spacial score (nSPS) is 9.85. The molecule has 0 aromatic heterocycles. The number of amides is 1. The Bertz CT molecular complexity index is 814. The van der Waals surface area contributed by atoms with E-state index in [1.165, 1.54) is 30.2 Å². The third kappa shape index (κ3) is 4.74. The topological polar surface area (TPSA) is 99.9 Å². The van der Waals surface area contributed by atoms with Gasteiger partial charge in [0.05, 0.1) is 19.6 Å². The molecule has 0 atom stereocenters. The monoisotopic (exact) mass is 354 g/mol. The molecular weight excluding hydrogens is 336 g/mol. The summed E-state index contributed by atoms with van der Waals surface area (Å²) in [6.07, 6.45) is 0.144. The van der Waals surface area contributed by atoms with Crippen molar-refractivity contribution in [2.45, 2.75) is 6.42 Å². The fourth-order valence-electron chi connectivity index (χ4n) is 2.26. The Labute approximate surface area is 151 Å². The van der Waals surface area contributed by atoms with E-state index in [4.69, 9.17) is 14.7 Å². The largest absolute Gasteiger partial charge is 0.507 e. The van der Waals surface area contributed by atoms with Crippen LogP contribution < -0.4 is 9.64 Å². The SMILES string of the molecule is COc1ccc(O)c(C(=O)OCC(=O)N(CCC#N)c2ccccc2)c1. The van der Waals surface area contributed by atoms with Crippen LogP contribution in [0.5, 0.6) is 11.5 Å². The maximum atomic E-state index is 12.4. The van der Waals surface area contributed by atoms with Crippen molar-refractivity contribution in [1.82, 2.24) is 0 Å². The first-order valence-corrected chi connectivity index (χ1v) is 7.83. The molecule has 1 amide bonds. The number of hydrogen-bond acceptors (Lipinski definition) is 6. The number of ether oxygens (including phenoxy) is 2. The Morgan fingerprint density at radius 3 is 2.58 bits per heavy atom. The molecule has 0 unspecified atom stereocenters. The number of carbonyl (C=O) groups is 2. The standard InChI is InChI=1S/C19H18N2O5/c1-25-15-8-9-17(22)16(12-15)19(24)26-13-18(23)21(11-5-10-20)14-6-3-2-4-7-14/h2-4,6-9,12,22H,5,11,13H2,1H3. The van der Waals surface area contributed by atoms with Gasteiger partial charge in [-0.15, -0.1) is 0 Å². The van der Waals surface area contributed by atoms with Crippen LogP contribution in [0.3, 0.4) is 0 Å². The molecule has 26 heavy (non-hydrogen) atoms. The van der Waals surface area contributed by atoms with Crippen LogP contribution >= 0.6 is 0 Å². The first-order valence-electron chi connectivity index (χ1n) is 7.83. The van der Waals surface area contributed by atoms with Gasteiger partial charge in [-0.3, -0.25) is 4.79 Å². The number of aromatic hydroxyl groups is 1. The number of anilines is 1. The summed E-state index contributed by atoms with van der Waals surface area (Å²) in [6, 6.07) is 14.9. The van der Waals surface area contributed by atoms with Crippen LogP contribution in [0.4, 0.5) is 5.69 Å². The van der Waals surface area contributed by atoms with Gasteiger partial charge in [-0.1, -0.05) is 18.2 Å². The van der Waals surface area contributed by atoms with E-state index >= 15 is 0 Å². The van der Waals surface area contributed by atoms with Crippen LogP contribution in [-0.4, -0.2) is 37.2 Å². The highest BCUT2D eigenvalue weighted by atomic mass is 16.5. The van der Waals surface area contributed by atoms with Crippen molar-refractivity contribution in [3.63, 3.8) is 0 Å². The van der Waals surface area contributed by atoms with Gasteiger partial charge in [0.25, 0.3) is 5.91 Å². The van der Waals surface area contributed by atoms with E-state index in [1.54, 1.807) is 24.3 Å². The molecule has 0 aliphatic rings. The number of phenolic OH excluding ortho intramolecular Hbond substituents is 1. The summed E-state index contributed by atoms with van der Waals surface area (Å²) in [7, 11) is 1.43. The number of nitrogens with zero attached hydrogens (tertiary/aromatic N) is 2. The first kappa shape index (κ1) is 18.8. The quantitative estimate of drug-likeness (QED) is 0.767. The van der Waals surface area contributed by atoms with Gasteiger partial charge in [-0.05, 0) is 30.3 Å². The lowest BCUT2D eigenvalue weighted by Crippen LogP contribution is -2.35. The number of rotatable bonds is 7. The zero-order valence-electron chi connectivity index (χ0n) is 14.2. The molecule has 0 aliphatic heterocycles. The molecule has 1 N–H and O–H groups in total. The molecule has 0 heterocycles. The molecule has 0 saturated heterocycles. The molecule has 2 rings (SSSR count). The number of methoxy groups -OCH3 is 1. The summed E-state index contributed by atoms with van der Waals surface area (Å²) in [5, 5.41) is 18.6. The van der Waals surface area contributed by atoms with Crippen LogP contribution in [0.1, 0.15) is 16.8 Å². The third-order valence-electron chi connectivity index (χ3n) is 3.57. The summed E-state index contributed by atoms with van der Waals surface area (Å²) in [4.78, 5) is 26.0. The fourth-order valence-corrected chi connectivity index (χ4v) is 2.26. The number of carbonyl (C=O) groups excluding carboxylic acids is 2. The van der Waals surface area contributed by atoms with E-state index in [1.807, 2.05) is 12.1 Å². The number of esters is 1. The molecule has 0 aliphatic carbocycles. The summed E-state index contributed by atoms with van der Waals surface area (Å²) in [5.74, 6) is -1.21. The van der Waals surface area contributed by atoms with Crippen molar-refractivity contribution >= 4 is 17.6 Å². The minimum Gasteiger partial charge on any atom is -0.507 e. The first-order chi connectivity index (χ1) is 12.6. The van der Waals surface area contributed by atoms with Gasteiger partial charge in [0.2, 0.25) is 0 Å². The highest BCUT2D eigenvalue weighted by Crippen LogP contribution is 2.23. The van der Waals surface area contributed by atoms with Crippen LogP contribution in [-0.2, 0) is 9.53 Å². The van der Waals surface area contributed by atoms with Crippen molar-refractivity contribution in [2.75, 3.05) is 25.2 Å². The summed E-state index contributed by atoms with van der Waals surface area (Å²) in [6.45, 7) is -0.336. The van der Waals surface area contributed by atoms with E-state index in [0.717, 1.165) is 0 Å². The van der Waals surface area contributed by atoms with Crippen LogP contribution in [0.2, 0.25) is 0 Å². The van der Waals surface area contributed by atoms with Crippen LogP contribution in [0.15, 0.2) is 48.5 Å². The van der Waals surface area contributed by atoms with E-state index in [2.05, 4.69) is 0 Å². The molecule has 0 bridgehead atoms. The zero-order chi connectivity index (χ0) is 18.9. The molecule has 2 aromatic rings.